The van der Waals surface area contributed by atoms with E-state index in [1.54, 1.807) is 0 Å². The molecule has 5 nitrogen and oxygen atoms in total. The zero-order valence-corrected chi connectivity index (χ0v) is 8.45. The molecule has 1 amide bonds. The third-order valence-electron chi connectivity index (χ3n) is 1.69. The zero-order valence-electron chi connectivity index (χ0n) is 8.45. The van der Waals surface area contributed by atoms with Crippen molar-refractivity contribution in [2.75, 3.05) is 14.2 Å². The van der Waals surface area contributed by atoms with Gasteiger partial charge in [-0.1, -0.05) is 0 Å². The fourth-order valence-corrected chi connectivity index (χ4v) is 0.859. The van der Waals surface area contributed by atoms with Crippen LogP contribution in [0.25, 0.3) is 0 Å². The van der Waals surface area contributed by atoms with Gasteiger partial charge in [0.25, 0.3) is 5.91 Å². The van der Waals surface area contributed by atoms with E-state index < -0.39 is 17.9 Å². The number of aromatic nitrogens is 2. The topological polar surface area (TPSA) is 55.3 Å². The Bertz CT molecular complexity index is 394. The summed E-state index contributed by atoms with van der Waals surface area (Å²) in [6, 6.07) is 1.08. The Morgan fingerprint density at radius 2 is 2.12 bits per heavy atom. The SMILES string of the molecule is CON(C)C(=O)c1ccnc(C(F)(F)F)n1. The molecule has 0 aromatic carbocycles. The fourth-order valence-electron chi connectivity index (χ4n) is 0.859. The highest BCUT2D eigenvalue weighted by Gasteiger charge is 2.35. The van der Waals surface area contributed by atoms with Crippen LogP contribution in [0.2, 0.25) is 0 Å². The van der Waals surface area contributed by atoms with Crippen LogP contribution in [0.5, 0.6) is 0 Å². The molecule has 0 saturated carbocycles. The van der Waals surface area contributed by atoms with Crippen LogP contribution in [-0.4, -0.2) is 35.1 Å². The van der Waals surface area contributed by atoms with Crippen molar-refractivity contribution in [3.05, 3.63) is 23.8 Å². The normalized spacial score (nSPS) is 11.3. The summed E-state index contributed by atoms with van der Waals surface area (Å²) in [5, 5.41) is 0.766. The summed E-state index contributed by atoms with van der Waals surface area (Å²) in [6.45, 7) is 0. The van der Waals surface area contributed by atoms with Crippen molar-refractivity contribution in [3.8, 4) is 0 Å². The predicted molar refractivity (Wildman–Crippen MR) is 46.1 cm³/mol. The molecule has 0 unspecified atom stereocenters. The predicted octanol–water partition coefficient (Wildman–Crippen LogP) is 1.13. The Morgan fingerprint density at radius 1 is 1.50 bits per heavy atom. The van der Waals surface area contributed by atoms with Crippen LogP contribution in [0.1, 0.15) is 16.3 Å². The molecule has 1 aromatic heterocycles. The van der Waals surface area contributed by atoms with E-state index in [0.717, 1.165) is 17.3 Å². The number of hydrogen-bond acceptors (Lipinski definition) is 4. The minimum absolute atomic E-state index is 0.383. The first-order chi connectivity index (χ1) is 7.36. The third kappa shape index (κ3) is 2.66. The van der Waals surface area contributed by atoms with Gasteiger partial charge in [-0.25, -0.2) is 15.0 Å². The number of halogens is 3. The lowest BCUT2D eigenvalue weighted by atomic mass is 10.3. The van der Waals surface area contributed by atoms with E-state index in [0.29, 0.717) is 0 Å². The number of hydrogen-bond donors (Lipinski definition) is 0. The van der Waals surface area contributed by atoms with Crippen molar-refractivity contribution in [1.29, 1.82) is 0 Å². The van der Waals surface area contributed by atoms with Gasteiger partial charge in [0.05, 0.1) is 7.11 Å². The van der Waals surface area contributed by atoms with Gasteiger partial charge in [0.15, 0.2) is 0 Å². The second kappa shape index (κ2) is 4.44. The second-order valence-electron chi connectivity index (χ2n) is 2.75. The molecule has 8 heteroatoms. The minimum Gasteiger partial charge on any atom is -0.274 e. The molecule has 88 valence electrons. The highest BCUT2D eigenvalue weighted by molar-refractivity contribution is 5.91. The molecule has 16 heavy (non-hydrogen) atoms. The number of amides is 1. The Hall–Kier alpha value is -1.70. The van der Waals surface area contributed by atoms with Gasteiger partial charge in [0.2, 0.25) is 5.82 Å². The second-order valence-corrected chi connectivity index (χ2v) is 2.75. The van der Waals surface area contributed by atoms with Gasteiger partial charge >= 0.3 is 6.18 Å². The van der Waals surface area contributed by atoms with E-state index >= 15 is 0 Å². The maximum Gasteiger partial charge on any atom is 0.451 e. The molecule has 0 N–H and O–H groups in total. The molecule has 0 aliphatic rings. The molecule has 1 heterocycles. The smallest absolute Gasteiger partial charge is 0.274 e. The molecule has 0 fully saturated rings. The monoisotopic (exact) mass is 235 g/mol. The minimum atomic E-state index is -4.68. The lowest BCUT2D eigenvalue weighted by Gasteiger charge is -2.13. The number of alkyl halides is 3. The first kappa shape index (κ1) is 12.4. The lowest BCUT2D eigenvalue weighted by molar-refractivity contribution is -0.145. The number of hydroxylamine groups is 2. The highest BCUT2D eigenvalue weighted by Crippen LogP contribution is 2.25. The van der Waals surface area contributed by atoms with Gasteiger partial charge in [-0.2, -0.15) is 13.2 Å². The van der Waals surface area contributed by atoms with Crippen molar-refractivity contribution in [3.63, 3.8) is 0 Å². The molecule has 1 rings (SSSR count). The van der Waals surface area contributed by atoms with E-state index in [4.69, 9.17) is 0 Å². The summed E-state index contributed by atoms with van der Waals surface area (Å²) in [6.07, 6.45) is -3.81. The number of carbonyl (C=O) groups excluding carboxylic acids is 1. The Kier molecular flexibility index (Phi) is 3.43. The molecule has 0 aliphatic heterocycles. The van der Waals surface area contributed by atoms with Crippen LogP contribution in [-0.2, 0) is 11.0 Å². The standard InChI is InChI=1S/C8H8F3N3O2/c1-14(16-2)6(15)5-3-4-12-7(13-5)8(9,10)11/h3-4H,1-2H3. The van der Waals surface area contributed by atoms with Gasteiger partial charge in [-0.05, 0) is 6.07 Å². The van der Waals surface area contributed by atoms with E-state index in [2.05, 4.69) is 14.8 Å². The van der Waals surface area contributed by atoms with Crippen molar-refractivity contribution < 1.29 is 22.8 Å². The Morgan fingerprint density at radius 3 is 2.62 bits per heavy atom. The average molecular weight is 235 g/mol. The van der Waals surface area contributed by atoms with Crippen molar-refractivity contribution in [2.45, 2.75) is 6.18 Å². The van der Waals surface area contributed by atoms with Crippen LogP contribution in [0, 0.1) is 0 Å². The van der Waals surface area contributed by atoms with Crippen molar-refractivity contribution in [1.82, 2.24) is 15.0 Å². The molecular weight excluding hydrogens is 227 g/mol. The molecule has 0 aliphatic carbocycles. The molecule has 1 aromatic rings. The maximum absolute atomic E-state index is 12.2. The first-order valence-electron chi connectivity index (χ1n) is 4.08. The summed E-state index contributed by atoms with van der Waals surface area (Å²) in [5.41, 5.74) is -0.383. The van der Waals surface area contributed by atoms with E-state index in [-0.39, 0.29) is 5.69 Å². The van der Waals surface area contributed by atoms with E-state index in [9.17, 15) is 18.0 Å². The molecular formula is C8H8F3N3O2. The average Bonchev–Trinajstić information content (AvgIpc) is 2.26. The maximum atomic E-state index is 12.2. The van der Waals surface area contributed by atoms with Crippen LogP contribution < -0.4 is 0 Å². The highest BCUT2D eigenvalue weighted by atomic mass is 19.4. The van der Waals surface area contributed by atoms with Gasteiger partial charge in [0.1, 0.15) is 5.69 Å². The summed E-state index contributed by atoms with van der Waals surface area (Å²) in [5.74, 6) is -2.14. The van der Waals surface area contributed by atoms with Gasteiger partial charge in [-0.3, -0.25) is 9.63 Å². The Labute approximate surface area is 88.8 Å². The van der Waals surface area contributed by atoms with Crippen LogP contribution in [0.15, 0.2) is 12.3 Å². The number of rotatable bonds is 2. The molecule has 0 spiro atoms. The molecule has 0 saturated heterocycles. The van der Waals surface area contributed by atoms with Crippen molar-refractivity contribution in [2.24, 2.45) is 0 Å². The number of nitrogens with zero attached hydrogens (tertiary/aromatic N) is 3. The lowest BCUT2D eigenvalue weighted by Crippen LogP contribution is -2.27. The van der Waals surface area contributed by atoms with Gasteiger partial charge < -0.3 is 0 Å². The van der Waals surface area contributed by atoms with Crippen LogP contribution in [0.3, 0.4) is 0 Å². The fraction of sp³-hybridized carbons (Fsp3) is 0.375. The first-order valence-corrected chi connectivity index (χ1v) is 4.08. The van der Waals surface area contributed by atoms with Gasteiger partial charge in [0, 0.05) is 13.2 Å². The summed E-state index contributed by atoms with van der Waals surface area (Å²) >= 11 is 0. The van der Waals surface area contributed by atoms with Crippen LogP contribution in [0.4, 0.5) is 13.2 Å². The quantitative estimate of drug-likeness (QED) is 0.721. The molecule has 0 atom stereocenters. The third-order valence-corrected chi connectivity index (χ3v) is 1.69. The largest absolute Gasteiger partial charge is 0.451 e. The van der Waals surface area contributed by atoms with Gasteiger partial charge in [-0.15, -0.1) is 0 Å². The zero-order chi connectivity index (χ0) is 12.3. The van der Waals surface area contributed by atoms with Crippen molar-refractivity contribution >= 4 is 5.91 Å². The molecule has 0 bridgehead atoms. The number of carbonyl (C=O) groups is 1. The summed E-state index contributed by atoms with van der Waals surface area (Å²) in [7, 11) is 2.47. The Balaban J connectivity index is 3.04. The summed E-state index contributed by atoms with van der Waals surface area (Å²) < 4.78 is 36.7. The van der Waals surface area contributed by atoms with E-state index in [1.165, 1.54) is 14.2 Å². The summed E-state index contributed by atoms with van der Waals surface area (Å²) in [4.78, 5) is 22.1. The van der Waals surface area contributed by atoms with Crippen LogP contribution >= 0.6 is 0 Å². The molecule has 0 radical (unpaired) electrons. The van der Waals surface area contributed by atoms with E-state index in [1.807, 2.05) is 0 Å².